The minimum atomic E-state index is -3.44. The predicted molar refractivity (Wildman–Crippen MR) is 109 cm³/mol. The molecule has 146 valence electrons. The summed E-state index contributed by atoms with van der Waals surface area (Å²) in [7, 11) is -1.89. The molecule has 2 rings (SSSR count). The van der Waals surface area contributed by atoms with Crippen molar-refractivity contribution in [2.45, 2.75) is 26.2 Å². The summed E-state index contributed by atoms with van der Waals surface area (Å²) >= 11 is 0. The molecule has 0 aliphatic heterocycles. The van der Waals surface area contributed by atoms with Crippen molar-refractivity contribution in [1.29, 1.82) is 0 Å². The average molecular weight is 391 g/mol. The van der Waals surface area contributed by atoms with Gasteiger partial charge in [-0.25, -0.2) is 8.42 Å². The summed E-state index contributed by atoms with van der Waals surface area (Å²) in [5.41, 5.74) is 2.50. The Bertz CT molecular complexity index is 847. The van der Waals surface area contributed by atoms with Crippen molar-refractivity contribution in [2.75, 3.05) is 29.5 Å². The number of methoxy groups -OCH3 is 1. The molecule has 2 aromatic carbocycles. The number of hydrogen-bond acceptors (Lipinski definition) is 4. The molecule has 1 amide bonds. The summed E-state index contributed by atoms with van der Waals surface area (Å²) in [4.78, 5) is 12.1. The molecule has 0 aromatic heterocycles. The van der Waals surface area contributed by atoms with Crippen molar-refractivity contribution < 1.29 is 17.9 Å². The van der Waals surface area contributed by atoms with E-state index in [2.05, 4.69) is 12.2 Å². The Balaban J connectivity index is 1.93. The number of rotatable bonds is 9. The molecule has 0 aliphatic rings. The van der Waals surface area contributed by atoms with E-state index in [0.29, 0.717) is 17.9 Å². The average Bonchev–Trinajstić information content (AvgIpc) is 2.65. The first-order chi connectivity index (χ1) is 12.8. The number of carbonyl (C=O) groups is 1. The molecule has 0 saturated heterocycles. The largest absolute Gasteiger partial charge is 0.497 e. The van der Waals surface area contributed by atoms with Gasteiger partial charge in [0.05, 0.1) is 19.1 Å². The van der Waals surface area contributed by atoms with Crippen molar-refractivity contribution in [3.63, 3.8) is 0 Å². The van der Waals surface area contributed by atoms with Gasteiger partial charge in [0, 0.05) is 18.7 Å². The zero-order chi connectivity index (χ0) is 19.9. The highest BCUT2D eigenvalue weighted by Crippen LogP contribution is 2.22. The zero-order valence-electron chi connectivity index (χ0n) is 15.9. The van der Waals surface area contributed by atoms with E-state index < -0.39 is 10.0 Å². The van der Waals surface area contributed by atoms with Gasteiger partial charge >= 0.3 is 0 Å². The number of sulfonamides is 1. The molecule has 2 aromatic rings. The minimum absolute atomic E-state index is 0.137. The predicted octanol–water partition coefficient (Wildman–Crippen LogP) is 3.44. The van der Waals surface area contributed by atoms with Crippen LogP contribution < -0.4 is 14.4 Å². The monoisotopic (exact) mass is 390 g/mol. The second-order valence-electron chi connectivity index (χ2n) is 6.24. The molecule has 0 atom stereocenters. The second kappa shape index (κ2) is 9.41. The van der Waals surface area contributed by atoms with Crippen molar-refractivity contribution in [3.8, 4) is 5.75 Å². The number of benzene rings is 2. The van der Waals surface area contributed by atoms with Crippen LogP contribution in [0.2, 0.25) is 0 Å². The number of ether oxygens (including phenoxy) is 1. The highest BCUT2D eigenvalue weighted by Gasteiger charge is 2.17. The maximum absolute atomic E-state index is 12.1. The lowest BCUT2D eigenvalue weighted by Crippen LogP contribution is -2.31. The molecule has 0 unspecified atom stereocenters. The molecule has 27 heavy (non-hydrogen) atoms. The Morgan fingerprint density at radius 1 is 1.07 bits per heavy atom. The SMILES string of the molecule is CCc1ccc(NC(=O)CCCN(c2ccc(OC)cc2)S(C)(=O)=O)cc1. The molecule has 0 aliphatic carbocycles. The van der Waals surface area contributed by atoms with Crippen molar-refractivity contribution >= 4 is 27.3 Å². The van der Waals surface area contributed by atoms with E-state index in [4.69, 9.17) is 4.74 Å². The Morgan fingerprint density at radius 3 is 2.22 bits per heavy atom. The quantitative estimate of drug-likeness (QED) is 0.712. The molecule has 0 bridgehead atoms. The van der Waals surface area contributed by atoms with E-state index in [-0.39, 0.29) is 18.9 Å². The molecule has 1 N–H and O–H groups in total. The van der Waals surface area contributed by atoms with Gasteiger partial charge in [-0.3, -0.25) is 9.10 Å². The van der Waals surface area contributed by atoms with E-state index in [9.17, 15) is 13.2 Å². The topological polar surface area (TPSA) is 75.7 Å². The number of hydrogen-bond donors (Lipinski definition) is 1. The number of carbonyl (C=O) groups excluding carboxylic acids is 1. The van der Waals surface area contributed by atoms with Gasteiger partial charge < -0.3 is 10.1 Å². The molecular formula is C20H26N2O4S. The third-order valence-electron chi connectivity index (χ3n) is 4.17. The van der Waals surface area contributed by atoms with Crippen molar-refractivity contribution in [3.05, 3.63) is 54.1 Å². The lowest BCUT2D eigenvalue weighted by Gasteiger charge is -2.22. The fourth-order valence-corrected chi connectivity index (χ4v) is 3.63. The molecular weight excluding hydrogens is 364 g/mol. The summed E-state index contributed by atoms with van der Waals surface area (Å²) < 4.78 is 30.6. The number of nitrogens with zero attached hydrogens (tertiary/aromatic N) is 1. The van der Waals surface area contributed by atoms with Crippen LogP contribution in [0.25, 0.3) is 0 Å². The van der Waals surface area contributed by atoms with Gasteiger partial charge in [0.15, 0.2) is 0 Å². The Kier molecular flexibility index (Phi) is 7.24. The van der Waals surface area contributed by atoms with Crippen LogP contribution in [-0.2, 0) is 21.2 Å². The minimum Gasteiger partial charge on any atom is -0.497 e. The number of aryl methyl sites for hydroxylation is 1. The molecule has 0 saturated carbocycles. The Hall–Kier alpha value is -2.54. The van der Waals surface area contributed by atoms with Crippen LogP contribution in [0, 0.1) is 0 Å². The van der Waals surface area contributed by atoms with Gasteiger partial charge in [0.25, 0.3) is 0 Å². The van der Waals surface area contributed by atoms with Crippen molar-refractivity contribution in [2.24, 2.45) is 0 Å². The summed E-state index contributed by atoms with van der Waals surface area (Å²) in [6, 6.07) is 14.5. The van der Waals surface area contributed by atoms with Gasteiger partial charge in [-0.2, -0.15) is 0 Å². The lowest BCUT2D eigenvalue weighted by molar-refractivity contribution is -0.116. The fraction of sp³-hybridized carbons (Fsp3) is 0.350. The van der Waals surface area contributed by atoms with E-state index >= 15 is 0 Å². The second-order valence-corrected chi connectivity index (χ2v) is 8.14. The maximum atomic E-state index is 12.1. The van der Waals surface area contributed by atoms with Crippen LogP contribution in [0.3, 0.4) is 0 Å². The van der Waals surface area contributed by atoms with E-state index in [1.807, 2.05) is 24.3 Å². The third kappa shape index (κ3) is 6.29. The van der Waals surface area contributed by atoms with Crippen LogP contribution in [0.5, 0.6) is 5.75 Å². The molecule has 0 radical (unpaired) electrons. The highest BCUT2D eigenvalue weighted by molar-refractivity contribution is 7.92. The first-order valence-electron chi connectivity index (χ1n) is 8.84. The van der Waals surface area contributed by atoms with Crippen LogP contribution in [0.4, 0.5) is 11.4 Å². The summed E-state index contributed by atoms with van der Waals surface area (Å²) in [5.74, 6) is 0.517. The van der Waals surface area contributed by atoms with Gasteiger partial charge in [0.2, 0.25) is 15.9 Å². The van der Waals surface area contributed by atoms with Crippen LogP contribution in [0.1, 0.15) is 25.3 Å². The van der Waals surface area contributed by atoms with Gasteiger partial charge in [-0.15, -0.1) is 0 Å². The smallest absolute Gasteiger partial charge is 0.232 e. The standard InChI is InChI=1S/C20H26N2O4S/c1-4-16-7-9-17(10-8-16)21-20(23)6-5-15-22(27(3,24)25)18-11-13-19(26-2)14-12-18/h7-14H,4-6,15H2,1-3H3,(H,21,23). The summed E-state index contributed by atoms with van der Waals surface area (Å²) in [6.07, 6.45) is 2.75. The molecule has 6 nitrogen and oxygen atoms in total. The van der Waals surface area contributed by atoms with E-state index in [1.165, 1.54) is 9.87 Å². The van der Waals surface area contributed by atoms with Gasteiger partial charge in [-0.05, 0) is 54.8 Å². The molecule has 0 spiro atoms. The van der Waals surface area contributed by atoms with E-state index in [0.717, 1.165) is 18.4 Å². The third-order valence-corrected chi connectivity index (χ3v) is 5.37. The van der Waals surface area contributed by atoms with Crippen LogP contribution in [-0.4, -0.2) is 34.2 Å². The van der Waals surface area contributed by atoms with Gasteiger partial charge in [0.1, 0.15) is 5.75 Å². The Morgan fingerprint density at radius 2 is 1.70 bits per heavy atom. The molecule has 0 heterocycles. The van der Waals surface area contributed by atoms with Crippen molar-refractivity contribution in [1.82, 2.24) is 0 Å². The molecule has 7 heteroatoms. The lowest BCUT2D eigenvalue weighted by atomic mass is 10.1. The molecule has 0 fully saturated rings. The maximum Gasteiger partial charge on any atom is 0.232 e. The Labute approximate surface area is 161 Å². The van der Waals surface area contributed by atoms with Crippen LogP contribution in [0.15, 0.2) is 48.5 Å². The normalized spacial score (nSPS) is 11.1. The van der Waals surface area contributed by atoms with E-state index in [1.54, 1.807) is 31.4 Å². The van der Waals surface area contributed by atoms with Crippen LogP contribution >= 0.6 is 0 Å². The highest BCUT2D eigenvalue weighted by atomic mass is 32.2. The number of nitrogens with one attached hydrogen (secondary N) is 1. The number of amides is 1. The van der Waals surface area contributed by atoms with Gasteiger partial charge in [-0.1, -0.05) is 19.1 Å². The first kappa shape index (κ1) is 20.8. The summed E-state index contributed by atoms with van der Waals surface area (Å²) in [5, 5.41) is 2.84. The zero-order valence-corrected chi connectivity index (χ0v) is 16.8. The summed E-state index contributed by atoms with van der Waals surface area (Å²) in [6.45, 7) is 2.30. The number of anilines is 2. The fourth-order valence-electron chi connectivity index (χ4n) is 2.67. The first-order valence-corrected chi connectivity index (χ1v) is 10.7.